The van der Waals surface area contributed by atoms with E-state index in [4.69, 9.17) is 23.7 Å². The van der Waals surface area contributed by atoms with Gasteiger partial charge < -0.3 is 37.9 Å². The van der Waals surface area contributed by atoms with E-state index in [2.05, 4.69) is 20.8 Å². The van der Waals surface area contributed by atoms with Crippen LogP contribution in [0.5, 0.6) is 28.7 Å². The maximum absolute atomic E-state index is 12.6. The van der Waals surface area contributed by atoms with E-state index in [1.807, 2.05) is 0 Å². The number of hydrogen-bond donors (Lipinski definition) is 0. The molecule has 0 unspecified atom stereocenters. The normalized spacial score (nSPS) is 9.90. The van der Waals surface area contributed by atoms with Gasteiger partial charge in [-0.25, -0.2) is 24.0 Å². The second-order valence-electron chi connectivity index (χ2n) is 7.48. The van der Waals surface area contributed by atoms with Crippen LogP contribution in [0.4, 0.5) is 9.59 Å². The Hall–Kier alpha value is -5.85. The van der Waals surface area contributed by atoms with Gasteiger partial charge in [-0.3, -0.25) is 0 Å². The van der Waals surface area contributed by atoms with Crippen molar-refractivity contribution in [2.24, 2.45) is 0 Å². The Morgan fingerprint density at radius 3 is 1.71 bits per heavy atom. The summed E-state index contributed by atoms with van der Waals surface area (Å²) in [7, 11) is 2.50. The smallest absolute Gasteiger partial charge is 0.493 e. The second kappa shape index (κ2) is 14.3. The molecule has 0 saturated carbocycles. The summed E-state index contributed by atoms with van der Waals surface area (Å²) in [5, 5.41) is 0. The Morgan fingerprint density at radius 2 is 1.17 bits per heavy atom. The molecule has 0 amide bonds. The minimum Gasteiger partial charge on any atom is -0.493 e. The molecule has 0 aliphatic carbocycles. The number of carbonyl (C=O) groups is 5. The molecule has 212 valence electrons. The van der Waals surface area contributed by atoms with Crippen LogP contribution in [-0.2, 0) is 19.0 Å². The summed E-state index contributed by atoms with van der Waals surface area (Å²) in [6.45, 7) is 2.54. The summed E-state index contributed by atoms with van der Waals surface area (Å²) in [6, 6.07) is 15.0. The molecule has 41 heavy (non-hydrogen) atoms. The predicted octanol–water partition coefficient (Wildman–Crippen LogP) is 4.48. The van der Waals surface area contributed by atoms with Crippen LogP contribution in [0.3, 0.4) is 0 Å². The molecule has 13 heteroatoms. The molecular weight excluding hydrogens is 544 g/mol. The first-order valence-electron chi connectivity index (χ1n) is 11.4. The van der Waals surface area contributed by atoms with Crippen molar-refractivity contribution < 1.29 is 61.9 Å². The zero-order chi connectivity index (χ0) is 29.8. The van der Waals surface area contributed by atoms with Crippen molar-refractivity contribution >= 4 is 30.2 Å². The first-order valence-corrected chi connectivity index (χ1v) is 11.4. The van der Waals surface area contributed by atoms with Crippen molar-refractivity contribution in [1.82, 2.24) is 0 Å². The number of benzene rings is 3. The van der Waals surface area contributed by atoms with Gasteiger partial charge in [0.2, 0.25) is 6.79 Å². The summed E-state index contributed by atoms with van der Waals surface area (Å²) in [5.41, 5.74) is 0.288. The van der Waals surface area contributed by atoms with Crippen molar-refractivity contribution in [3.8, 4) is 28.7 Å². The fraction of sp³-hybridized carbons (Fsp3) is 0.107. The van der Waals surface area contributed by atoms with Crippen LogP contribution in [0.25, 0.3) is 0 Å². The number of rotatable bonds is 10. The first kappa shape index (κ1) is 29.7. The van der Waals surface area contributed by atoms with Gasteiger partial charge in [0.1, 0.15) is 17.2 Å². The van der Waals surface area contributed by atoms with Crippen molar-refractivity contribution in [3.05, 3.63) is 90.5 Å². The Bertz CT molecular complexity index is 1430. The third-order valence-corrected chi connectivity index (χ3v) is 4.84. The van der Waals surface area contributed by atoms with E-state index < -0.39 is 37.0 Å². The average molecular weight is 566 g/mol. The number of carbonyl (C=O) groups excluding carboxylic acids is 5. The summed E-state index contributed by atoms with van der Waals surface area (Å²) in [4.78, 5) is 58.8. The maximum atomic E-state index is 12.6. The zero-order valence-electron chi connectivity index (χ0n) is 21.6. The molecule has 0 N–H and O–H groups in total. The van der Waals surface area contributed by atoms with Crippen LogP contribution in [0.1, 0.15) is 20.7 Å². The number of methoxy groups -OCH3 is 2. The van der Waals surface area contributed by atoms with Crippen molar-refractivity contribution in [1.29, 1.82) is 0 Å². The third kappa shape index (κ3) is 8.85. The lowest BCUT2D eigenvalue weighted by Gasteiger charge is -2.12. The van der Waals surface area contributed by atoms with Crippen molar-refractivity contribution in [2.45, 2.75) is 0 Å². The van der Waals surface area contributed by atoms with E-state index in [0.717, 1.165) is 6.08 Å². The molecule has 0 aromatic heterocycles. The van der Waals surface area contributed by atoms with Gasteiger partial charge >= 0.3 is 30.2 Å². The summed E-state index contributed by atoms with van der Waals surface area (Å²) in [6.07, 6.45) is -1.13. The molecule has 0 spiro atoms. The van der Waals surface area contributed by atoms with Crippen LogP contribution in [-0.4, -0.2) is 51.2 Å². The van der Waals surface area contributed by atoms with Gasteiger partial charge in [0.15, 0.2) is 11.5 Å². The van der Waals surface area contributed by atoms with Crippen LogP contribution in [0.2, 0.25) is 0 Å². The second-order valence-corrected chi connectivity index (χ2v) is 7.48. The van der Waals surface area contributed by atoms with Crippen LogP contribution in [0.15, 0.2) is 79.4 Å². The van der Waals surface area contributed by atoms with Gasteiger partial charge in [-0.2, -0.15) is 0 Å². The van der Waals surface area contributed by atoms with Gasteiger partial charge in [-0.05, 0) is 60.7 Å². The summed E-state index contributed by atoms with van der Waals surface area (Å²) >= 11 is 0. The standard InChI is InChI=1S/C28H22O13/c1-4-24(29)36-16-37-28(33)40-20-11-5-17(6-12-20)25(30)38-21-13-14-22(23(15-21)34-2)41-26(31)18-7-9-19(10-8-18)39-27(32)35-3/h4-15H,1,16H2,2-3H3. The van der Waals surface area contributed by atoms with Gasteiger partial charge in [0.25, 0.3) is 0 Å². The van der Waals surface area contributed by atoms with E-state index >= 15 is 0 Å². The predicted molar refractivity (Wildman–Crippen MR) is 137 cm³/mol. The van der Waals surface area contributed by atoms with E-state index in [0.29, 0.717) is 0 Å². The Labute approximate surface area is 232 Å². The van der Waals surface area contributed by atoms with E-state index in [1.165, 1.54) is 80.9 Å². The molecule has 3 aromatic rings. The van der Waals surface area contributed by atoms with Gasteiger partial charge in [-0.15, -0.1) is 0 Å². The summed E-state index contributed by atoms with van der Waals surface area (Å²) in [5.74, 6) is -1.75. The fourth-order valence-electron chi connectivity index (χ4n) is 2.90. The molecule has 3 aromatic carbocycles. The van der Waals surface area contributed by atoms with Crippen LogP contribution in [0, 0.1) is 0 Å². The SMILES string of the molecule is C=CC(=O)OCOC(=O)Oc1ccc(C(=O)Oc2ccc(OC(=O)c3ccc(OC(=O)OC)cc3)c(OC)c2)cc1. The summed E-state index contributed by atoms with van der Waals surface area (Å²) < 4.78 is 39.2. The minimum atomic E-state index is -1.13. The van der Waals surface area contributed by atoms with E-state index in [1.54, 1.807) is 0 Å². The van der Waals surface area contributed by atoms with Gasteiger partial charge in [0, 0.05) is 12.1 Å². The van der Waals surface area contributed by atoms with E-state index in [-0.39, 0.29) is 39.9 Å². The zero-order valence-corrected chi connectivity index (χ0v) is 21.6. The molecule has 0 heterocycles. The molecular formula is C28H22O13. The first-order chi connectivity index (χ1) is 19.7. The molecule has 3 rings (SSSR count). The molecule has 0 bridgehead atoms. The highest BCUT2D eigenvalue weighted by atomic mass is 16.8. The maximum Gasteiger partial charge on any atom is 0.516 e. The van der Waals surface area contributed by atoms with Gasteiger partial charge in [-0.1, -0.05) is 6.58 Å². The Balaban J connectivity index is 1.57. The number of hydrogen-bond acceptors (Lipinski definition) is 13. The molecule has 0 aliphatic heterocycles. The third-order valence-electron chi connectivity index (χ3n) is 4.84. The lowest BCUT2D eigenvalue weighted by atomic mass is 10.2. The Kier molecular flexibility index (Phi) is 10.4. The molecule has 13 nitrogen and oxygen atoms in total. The largest absolute Gasteiger partial charge is 0.516 e. The molecule has 0 aliphatic rings. The topological polar surface area (TPSA) is 159 Å². The molecule has 0 saturated heterocycles. The van der Waals surface area contributed by atoms with Crippen LogP contribution >= 0.6 is 0 Å². The highest BCUT2D eigenvalue weighted by Crippen LogP contribution is 2.32. The lowest BCUT2D eigenvalue weighted by molar-refractivity contribution is -0.146. The highest BCUT2D eigenvalue weighted by Gasteiger charge is 2.16. The number of ether oxygens (including phenoxy) is 8. The Morgan fingerprint density at radius 1 is 0.634 bits per heavy atom. The molecule has 0 fully saturated rings. The quantitative estimate of drug-likeness (QED) is 0.111. The fourth-order valence-corrected chi connectivity index (χ4v) is 2.90. The lowest BCUT2D eigenvalue weighted by Crippen LogP contribution is -2.15. The molecule has 0 atom stereocenters. The molecule has 0 radical (unpaired) electrons. The van der Waals surface area contributed by atoms with Crippen molar-refractivity contribution in [3.63, 3.8) is 0 Å². The average Bonchev–Trinajstić information content (AvgIpc) is 2.98. The van der Waals surface area contributed by atoms with Crippen LogP contribution < -0.4 is 23.7 Å². The van der Waals surface area contributed by atoms with E-state index in [9.17, 15) is 24.0 Å². The minimum absolute atomic E-state index is 0.0554. The highest BCUT2D eigenvalue weighted by molar-refractivity contribution is 5.92. The van der Waals surface area contributed by atoms with Crippen molar-refractivity contribution in [2.75, 3.05) is 21.0 Å². The number of esters is 3. The monoisotopic (exact) mass is 566 g/mol. The van der Waals surface area contributed by atoms with Gasteiger partial charge in [0.05, 0.1) is 25.3 Å².